The van der Waals surface area contributed by atoms with Gasteiger partial charge in [0.25, 0.3) is 0 Å². The number of piperidine rings is 2. The van der Waals surface area contributed by atoms with Crippen molar-refractivity contribution in [3.05, 3.63) is 0 Å². The minimum atomic E-state index is -2.29. The second-order valence-electron chi connectivity index (χ2n) is 18.1. The number of aliphatic hydroxyl groups excluding tert-OH is 3. The molecule has 0 aromatic heterocycles. The molecule has 4 bridgehead atoms. The first kappa shape index (κ1) is 36.9. The molecular weight excluding hydrogens is 650 g/mol. The lowest BCUT2D eigenvalue weighted by Gasteiger charge is -2.64. The third kappa shape index (κ3) is 4.50. The third-order valence-corrected chi connectivity index (χ3v) is 15.4. The molecular formula is C37H59NO12. The van der Waals surface area contributed by atoms with E-state index in [-0.39, 0.29) is 31.7 Å². The van der Waals surface area contributed by atoms with Gasteiger partial charge in [0.1, 0.15) is 5.60 Å². The van der Waals surface area contributed by atoms with Crippen molar-refractivity contribution in [1.82, 2.24) is 4.90 Å². The van der Waals surface area contributed by atoms with Crippen LogP contribution < -0.4 is 0 Å². The van der Waals surface area contributed by atoms with Crippen LogP contribution in [-0.2, 0) is 23.8 Å². The minimum Gasteiger partial charge on any atom is -0.456 e. The number of hydrogen-bond acceptors (Lipinski definition) is 13. The Morgan fingerprint density at radius 1 is 0.980 bits per heavy atom. The number of aliphatic hydroxyl groups is 7. The molecule has 0 amide bonds. The molecule has 3 heterocycles. The molecule has 7 N–H and O–H groups in total. The Hall–Kier alpha value is -1.42. The standard InChI is InChI=1S/C37H59NO12/c1-8-18(4)30(42)49-29-24(39)23-19(16-38-15-17(3)10-11-21(38)34(23,7)45)20-14-35-28(36(20,29)46)26(41)25(40)27-32(35,5)13-12-22(37(27,47)50-35)48-31(43)33(6,44)9-2/h17-29,39-41,44-47H,8-16H2,1-7H3/t17-,18?,19-,20-,21-,22-,23+,24+,25-,26+,27-,28+,29-,32-,33?,34+,35+,36-,37+/m0/s1. The Morgan fingerprint density at radius 2 is 1.64 bits per heavy atom. The zero-order valence-corrected chi connectivity index (χ0v) is 30.5. The Balaban J connectivity index is 1.37. The summed E-state index contributed by atoms with van der Waals surface area (Å²) in [7, 11) is 0. The zero-order chi connectivity index (χ0) is 36.7. The minimum absolute atomic E-state index is 0.0586. The maximum absolute atomic E-state index is 13.5. The fourth-order valence-corrected chi connectivity index (χ4v) is 12.5. The van der Waals surface area contributed by atoms with Crippen molar-refractivity contribution in [2.45, 2.75) is 158 Å². The summed E-state index contributed by atoms with van der Waals surface area (Å²) in [6, 6.07) is -0.263. The predicted octanol–water partition coefficient (Wildman–Crippen LogP) is 0.466. The Kier molecular flexibility index (Phi) is 8.52. The topological polar surface area (TPSA) is 207 Å². The number of ether oxygens (including phenoxy) is 3. The summed E-state index contributed by atoms with van der Waals surface area (Å²) in [6.45, 7) is 13.3. The molecule has 284 valence electrons. The summed E-state index contributed by atoms with van der Waals surface area (Å²) in [4.78, 5) is 28.9. The molecule has 1 spiro atoms. The largest absolute Gasteiger partial charge is 0.456 e. The van der Waals surface area contributed by atoms with Gasteiger partial charge in [-0.1, -0.05) is 34.6 Å². The van der Waals surface area contributed by atoms with Gasteiger partial charge in [0.2, 0.25) is 5.79 Å². The molecule has 7 fully saturated rings. The maximum atomic E-state index is 13.5. The molecule has 19 atom stereocenters. The average molecular weight is 710 g/mol. The summed E-state index contributed by atoms with van der Waals surface area (Å²) in [5.74, 6) is -8.72. The van der Waals surface area contributed by atoms with Crippen molar-refractivity contribution in [3.63, 3.8) is 0 Å². The summed E-state index contributed by atoms with van der Waals surface area (Å²) in [6.07, 6.45) is -5.18. The number of esters is 2. The second-order valence-corrected chi connectivity index (χ2v) is 18.1. The molecule has 7 aliphatic rings. The van der Waals surface area contributed by atoms with Gasteiger partial charge in [0.15, 0.2) is 17.8 Å². The summed E-state index contributed by atoms with van der Waals surface area (Å²) in [5, 5.41) is 85.4. The summed E-state index contributed by atoms with van der Waals surface area (Å²) < 4.78 is 18.7. The molecule has 0 aromatic carbocycles. The molecule has 13 heteroatoms. The highest BCUT2D eigenvalue weighted by Crippen LogP contribution is 2.77. The zero-order valence-electron chi connectivity index (χ0n) is 30.5. The fourth-order valence-electron chi connectivity index (χ4n) is 12.5. The van der Waals surface area contributed by atoms with Crippen LogP contribution in [0.25, 0.3) is 0 Å². The van der Waals surface area contributed by atoms with E-state index in [1.54, 1.807) is 20.8 Å². The van der Waals surface area contributed by atoms with Gasteiger partial charge < -0.3 is 50.0 Å². The van der Waals surface area contributed by atoms with Gasteiger partial charge in [-0.3, -0.25) is 9.69 Å². The lowest BCUT2D eigenvalue weighted by Crippen LogP contribution is -2.78. The average Bonchev–Trinajstić information content (AvgIpc) is 3.36. The van der Waals surface area contributed by atoms with E-state index < -0.39 is 112 Å². The van der Waals surface area contributed by atoms with E-state index in [0.29, 0.717) is 18.9 Å². The van der Waals surface area contributed by atoms with Crippen molar-refractivity contribution >= 4 is 11.9 Å². The van der Waals surface area contributed by atoms with E-state index >= 15 is 0 Å². The lowest BCUT2D eigenvalue weighted by atomic mass is 9.48. The van der Waals surface area contributed by atoms with Crippen LogP contribution in [0.2, 0.25) is 0 Å². The van der Waals surface area contributed by atoms with E-state index in [9.17, 15) is 45.3 Å². The van der Waals surface area contributed by atoms with Crippen LogP contribution in [0, 0.1) is 46.8 Å². The van der Waals surface area contributed by atoms with Crippen LogP contribution in [0.5, 0.6) is 0 Å². The lowest BCUT2D eigenvalue weighted by molar-refractivity contribution is -0.301. The van der Waals surface area contributed by atoms with Gasteiger partial charge in [-0.15, -0.1) is 0 Å². The normalized spacial score (nSPS) is 55.5. The number of rotatable bonds is 6. The van der Waals surface area contributed by atoms with Gasteiger partial charge in [0, 0.05) is 30.5 Å². The first-order valence-electron chi connectivity index (χ1n) is 19.0. The molecule has 0 aromatic rings. The smallest absolute Gasteiger partial charge is 0.338 e. The number of hydrogen-bond donors (Lipinski definition) is 7. The monoisotopic (exact) mass is 709 g/mol. The summed E-state index contributed by atoms with van der Waals surface area (Å²) in [5.41, 5.74) is -8.00. The number of nitrogens with zero attached hydrogens (tertiary/aromatic N) is 1. The van der Waals surface area contributed by atoms with Crippen molar-refractivity contribution in [2.75, 3.05) is 13.1 Å². The molecule has 13 nitrogen and oxygen atoms in total. The van der Waals surface area contributed by atoms with Crippen LogP contribution >= 0.6 is 0 Å². The summed E-state index contributed by atoms with van der Waals surface area (Å²) >= 11 is 0. The van der Waals surface area contributed by atoms with Gasteiger partial charge in [-0.05, 0) is 76.5 Å². The van der Waals surface area contributed by atoms with E-state index in [1.807, 2.05) is 13.8 Å². The highest BCUT2D eigenvalue weighted by molar-refractivity contribution is 5.79. The van der Waals surface area contributed by atoms with E-state index in [0.717, 1.165) is 19.4 Å². The SMILES string of the molecule is CCC(C)C(=O)O[C@H]1[C@H](O)[C@H]2[C@@H](CN3C[C@@H](C)CC[C@H]3[C@@]2(C)O)[C@@H]2C[C@]34O[C@]5(O)[C@@H](OC(=O)C(C)(O)CC)CC[C@@]3(C)[C@@H]5[C@@H](O)[C@@H](O)[C@H]4[C@@]21O. The molecule has 7 rings (SSSR count). The molecule has 50 heavy (non-hydrogen) atoms. The maximum Gasteiger partial charge on any atom is 0.338 e. The molecule has 2 unspecified atom stereocenters. The van der Waals surface area contributed by atoms with Crippen LogP contribution in [0.15, 0.2) is 0 Å². The van der Waals surface area contributed by atoms with Crippen molar-refractivity contribution in [3.8, 4) is 0 Å². The molecule has 4 aliphatic carbocycles. The second kappa shape index (κ2) is 11.5. The fraction of sp³-hybridized carbons (Fsp3) is 0.946. The van der Waals surface area contributed by atoms with Crippen LogP contribution in [0.3, 0.4) is 0 Å². The van der Waals surface area contributed by atoms with Gasteiger partial charge in [0.05, 0.1) is 47.3 Å². The van der Waals surface area contributed by atoms with Gasteiger partial charge >= 0.3 is 11.9 Å². The Bertz CT molecular complexity index is 1390. The van der Waals surface area contributed by atoms with Crippen LogP contribution in [0.1, 0.15) is 93.4 Å². The van der Waals surface area contributed by atoms with Crippen LogP contribution in [0.4, 0.5) is 0 Å². The Morgan fingerprint density at radius 3 is 2.28 bits per heavy atom. The number of carbonyl (C=O) groups excluding carboxylic acids is 2. The predicted molar refractivity (Wildman–Crippen MR) is 176 cm³/mol. The van der Waals surface area contributed by atoms with Crippen molar-refractivity contribution in [1.29, 1.82) is 0 Å². The van der Waals surface area contributed by atoms with Gasteiger partial charge in [-0.25, -0.2) is 4.79 Å². The van der Waals surface area contributed by atoms with Crippen molar-refractivity contribution < 1.29 is 59.5 Å². The molecule has 3 saturated heterocycles. The quantitative estimate of drug-likeness (QED) is 0.188. The van der Waals surface area contributed by atoms with E-state index in [4.69, 9.17) is 14.2 Å². The molecule has 0 radical (unpaired) electrons. The van der Waals surface area contributed by atoms with Crippen LogP contribution in [-0.4, -0.2) is 130 Å². The van der Waals surface area contributed by atoms with Gasteiger partial charge in [-0.2, -0.15) is 0 Å². The first-order valence-corrected chi connectivity index (χ1v) is 19.0. The van der Waals surface area contributed by atoms with E-state index in [2.05, 4.69) is 11.8 Å². The van der Waals surface area contributed by atoms with E-state index in [1.165, 1.54) is 6.92 Å². The molecule has 3 aliphatic heterocycles. The van der Waals surface area contributed by atoms with Crippen molar-refractivity contribution in [2.24, 2.45) is 46.8 Å². The number of fused-ring (bicyclic) bond motifs is 5. The molecule has 4 saturated carbocycles. The number of carbonyl (C=O) groups is 2. The Labute approximate surface area is 294 Å². The highest BCUT2D eigenvalue weighted by atomic mass is 16.7. The third-order valence-electron chi connectivity index (χ3n) is 15.4. The first-order chi connectivity index (χ1) is 23.2. The highest BCUT2D eigenvalue weighted by Gasteiger charge is 2.89.